The Morgan fingerprint density at radius 1 is 1.30 bits per heavy atom. The number of aromatic nitrogens is 4. The highest BCUT2D eigenvalue weighted by molar-refractivity contribution is 7.19. The molecule has 0 bridgehead atoms. The van der Waals surface area contributed by atoms with E-state index < -0.39 is 0 Å². The maximum Gasteiger partial charge on any atom is 0.151 e. The lowest BCUT2D eigenvalue weighted by atomic mass is 9.97. The van der Waals surface area contributed by atoms with Gasteiger partial charge >= 0.3 is 0 Å². The summed E-state index contributed by atoms with van der Waals surface area (Å²) in [4.78, 5) is 13.9. The van der Waals surface area contributed by atoms with Crippen molar-refractivity contribution in [2.45, 2.75) is 32.2 Å². The minimum absolute atomic E-state index is 0.619. The molecule has 0 aromatic carbocycles. The summed E-state index contributed by atoms with van der Waals surface area (Å²) in [6.45, 7) is 0.619. The number of hydrogen-bond donors (Lipinski definition) is 1. The van der Waals surface area contributed by atoms with Gasteiger partial charge in [-0.3, -0.25) is 4.68 Å². The number of nitrogens with two attached hydrogens (primary N) is 1. The van der Waals surface area contributed by atoms with Crippen molar-refractivity contribution in [3.05, 3.63) is 28.7 Å². The molecule has 120 valence electrons. The van der Waals surface area contributed by atoms with Gasteiger partial charge in [-0.1, -0.05) is 0 Å². The van der Waals surface area contributed by atoms with Crippen molar-refractivity contribution in [3.63, 3.8) is 0 Å². The summed E-state index contributed by atoms with van der Waals surface area (Å²) in [6.07, 6.45) is 8.59. The molecule has 0 unspecified atom stereocenters. The van der Waals surface area contributed by atoms with Crippen LogP contribution in [0.2, 0.25) is 0 Å². The standard InChI is InChI=1S/C16H20N6S/c1-21(10-7-18-22(2)8-10)9-13-19-15(17)14-11-5-3-4-6-12(11)23-16(14)20-13/h7-8H,3-6,9H2,1-2H3,(H2,17,19,20). The van der Waals surface area contributed by atoms with Crippen LogP contribution in [-0.4, -0.2) is 26.8 Å². The summed E-state index contributed by atoms with van der Waals surface area (Å²) in [5, 5.41) is 5.30. The normalized spacial score (nSPS) is 14.2. The van der Waals surface area contributed by atoms with E-state index in [0.29, 0.717) is 12.4 Å². The lowest BCUT2D eigenvalue weighted by molar-refractivity contribution is 0.700. The minimum atomic E-state index is 0.619. The third kappa shape index (κ3) is 2.55. The second-order valence-corrected chi connectivity index (χ2v) is 7.23. The molecular formula is C16H20N6S. The van der Waals surface area contributed by atoms with Crippen molar-refractivity contribution in [1.29, 1.82) is 0 Å². The summed E-state index contributed by atoms with van der Waals surface area (Å²) in [5.41, 5.74) is 8.70. The zero-order chi connectivity index (χ0) is 16.0. The van der Waals surface area contributed by atoms with Gasteiger partial charge in [0.1, 0.15) is 10.6 Å². The maximum atomic E-state index is 6.26. The monoisotopic (exact) mass is 328 g/mol. The summed E-state index contributed by atoms with van der Waals surface area (Å²) in [5.74, 6) is 1.39. The van der Waals surface area contributed by atoms with Gasteiger partial charge in [-0.15, -0.1) is 11.3 Å². The molecule has 7 heteroatoms. The van der Waals surface area contributed by atoms with E-state index in [-0.39, 0.29) is 0 Å². The van der Waals surface area contributed by atoms with Crippen molar-refractivity contribution in [1.82, 2.24) is 19.7 Å². The molecule has 0 amide bonds. The van der Waals surface area contributed by atoms with Crippen LogP contribution < -0.4 is 10.6 Å². The van der Waals surface area contributed by atoms with Gasteiger partial charge < -0.3 is 10.6 Å². The molecule has 3 heterocycles. The van der Waals surface area contributed by atoms with Crippen LogP contribution in [0.25, 0.3) is 10.2 Å². The van der Waals surface area contributed by atoms with E-state index in [1.807, 2.05) is 26.5 Å². The Labute approximate surface area is 139 Å². The van der Waals surface area contributed by atoms with Crippen LogP contribution in [0.4, 0.5) is 11.5 Å². The van der Waals surface area contributed by atoms with Crippen molar-refractivity contribution < 1.29 is 0 Å². The number of nitrogen functional groups attached to an aromatic ring is 1. The number of fused-ring (bicyclic) bond motifs is 3. The molecule has 1 aliphatic rings. The highest BCUT2D eigenvalue weighted by atomic mass is 32.1. The topological polar surface area (TPSA) is 72.9 Å². The molecule has 0 saturated heterocycles. The quantitative estimate of drug-likeness (QED) is 0.800. The molecule has 3 aromatic rings. The molecule has 1 aliphatic carbocycles. The fourth-order valence-corrected chi connectivity index (χ4v) is 4.50. The third-order valence-electron chi connectivity index (χ3n) is 4.40. The Morgan fingerprint density at radius 2 is 2.13 bits per heavy atom. The predicted octanol–water partition coefficient (Wildman–Crippen LogP) is 2.52. The second-order valence-electron chi connectivity index (χ2n) is 6.14. The largest absolute Gasteiger partial charge is 0.383 e. The van der Waals surface area contributed by atoms with Crippen LogP contribution in [0.3, 0.4) is 0 Å². The lowest BCUT2D eigenvalue weighted by Gasteiger charge is -2.16. The first kappa shape index (κ1) is 14.4. The first-order chi connectivity index (χ1) is 11.1. The summed E-state index contributed by atoms with van der Waals surface area (Å²) < 4.78 is 1.79. The van der Waals surface area contributed by atoms with E-state index in [1.165, 1.54) is 23.3 Å². The van der Waals surface area contributed by atoms with Gasteiger partial charge in [-0.25, -0.2) is 9.97 Å². The number of rotatable bonds is 3. The smallest absolute Gasteiger partial charge is 0.151 e. The van der Waals surface area contributed by atoms with Gasteiger partial charge in [-0.05, 0) is 31.2 Å². The number of anilines is 2. The molecule has 23 heavy (non-hydrogen) atoms. The van der Waals surface area contributed by atoms with E-state index in [4.69, 9.17) is 10.7 Å². The molecule has 2 N–H and O–H groups in total. The molecule has 0 atom stereocenters. The average Bonchev–Trinajstić information content (AvgIpc) is 3.10. The van der Waals surface area contributed by atoms with E-state index in [2.05, 4.69) is 15.0 Å². The third-order valence-corrected chi connectivity index (χ3v) is 5.59. The molecule has 3 aromatic heterocycles. The average molecular weight is 328 g/mol. The Morgan fingerprint density at radius 3 is 2.91 bits per heavy atom. The van der Waals surface area contributed by atoms with Gasteiger partial charge in [0.25, 0.3) is 0 Å². The van der Waals surface area contributed by atoms with Crippen molar-refractivity contribution in [2.75, 3.05) is 17.7 Å². The van der Waals surface area contributed by atoms with E-state index in [9.17, 15) is 0 Å². The molecule has 0 saturated carbocycles. The van der Waals surface area contributed by atoms with Crippen LogP contribution in [0, 0.1) is 0 Å². The number of thiophene rings is 1. The van der Waals surface area contributed by atoms with Crippen LogP contribution in [0.15, 0.2) is 12.4 Å². The van der Waals surface area contributed by atoms with Crippen LogP contribution in [-0.2, 0) is 26.4 Å². The number of hydrogen-bond acceptors (Lipinski definition) is 6. The predicted molar refractivity (Wildman–Crippen MR) is 93.8 cm³/mol. The summed E-state index contributed by atoms with van der Waals surface area (Å²) in [7, 11) is 3.92. The van der Waals surface area contributed by atoms with E-state index in [1.54, 1.807) is 16.0 Å². The van der Waals surface area contributed by atoms with E-state index in [0.717, 1.165) is 34.6 Å². The first-order valence-corrected chi connectivity index (χ1v) is 8.70. The zero-order valence-electron chi connectivity index (χ0n) is 13.4. The first-order valence-electron chi connectivity index (χ1n) is 7.88. The molecule has 0 aliphatic heterocycles. The summed E-state index contributed by atoms with van der Waals surface area (Å²) >= 11 is 1.79. The van der Waals surface area contributed by atoms with Gasteiger partial charge in [-0.2, -0.15) is 5.10 Å². The van der Waals surface area contributed by atoms with Crippen LogP contribution >= 0.6 is 11.3 Å². The molecule has 6 nitrogen and oxygen atoms in total. The molecule has 0 fully saturated rings. The number of aryl methyl sites for hydroxylation is 3. The Kier molecular flexibility index (Phi) is 3.45. The molecule has 4 rings (SSSR count). The van der Waals surface area contributed by atoms with Crippen molar-refractivity contribution in [3.8, 4) is 0 Å². The SMILES string of the molecule is CN(Cc1nc(N)c2c3c(sc2n1)CCCC3)c1cnn(C)c1. The fourth-order valence-electron chi connectivity index (χ4n) is 3.21. The molecular weight excluding hydrogens is 308 g/mol. The Bertz CT molecular complexity index is 865. The minimum Gasteiger partial charge on any atom is -0.383 e. The lowest BCUT2D eigenvalue weighted by Crippen LogP contribution is -2.18. The maximum absolute atomic E-state index is 6.26. The fraction of sp³-hybridized carbons (Fsp3) is 0.438. The van der Waals surface area contributed by atoms with Crippen LogP contribution in [0.5, 0.6) is 0 Å². The van der Waals surface area contributed by atoms with Crippen molar-refractivity contribution >= 4 is 33.1 Å². The summed E-state index contributed by atoms with van der Waals surface area (Å²) in [6, 6.07) is 0. The number of nitrogens with zero attached hydrogens (tertiary/aromatic N) is 5. The Balaban J connectivity index is 1.68. The Hall–Kier alpha value is -2.15. The highest BCUT2D eigenvalue weighted by Crippen LogP contribution is 2.37. The van der Waals surface area contributed by atoms with Crippen LogP contribution in [0.1, 0.15) is 29.1 Å². The van der Waals surface area contributed by atoms with Gasteiger partial charge in [0.15, 0.2) is 5.82 Å². The molecule has 0 radical (unpaired) electrons. The van der Waals surface area contributed by atoms with Crippen molar-refractivity contribution in [2.24, 2.45) is 7.05 Å². The van der Waals surface area contributed by atoms with Gasteiger partial charge in [0, 0.05) is 25.2 Å². The zero-order valence-corrected chi connectivity index (χ0v) is 14.2. The van der Waals surface area contributed by atoms with Gasteiger partial charge in [0.05, 0.1) is 23.8 Å². The highest BCUT2D eigenvalue weighted by Gasteiger charge is 2.20. The molecule has 0 spiro atoms. The van der Waals surface area contributed by atoms with Gasteiger partial charge in [0.2, 0.25) is 0 Å². The second kappa shape index (κ2) is 5.49. The van der Waals surface area contributed by atoms with E-state index >= 15 is 0 Å².